The van der Waals surface area contributed by atoms with E-state index in [-0.39, 0.29) is 17.7 Å². The molecule has 1 aliphatic carbocycles. The number of aromatic carboxylic acids is 1. The van der Waals surface area contributed by atoms with Crippen molar-refractivity contribution in [2.45, 2.75) is 50.7 Å². The molecule has 0 bridgehead atoms. The zero-order valence-electron chi connectivity index (χ0n) is 22.2. The van der Waals surface area contributed by atoms with E-state index < -0.39 is 5.97 Å². The van der Waals surface area contributed by atoms with Crippen molar-refractivity contribution in [2.24, 2.45) is 0 Å². The molecule has 39 heavy (non-hydrogen) atoms. The molecule has 0 radical (unpaired) electrons. The molecule has 10 nitrogen and oxygen atoms in total. The van der Waals surface area contributed by atoms with E-state index in [0.717, 1.165) is 60.4 Å². The molecule has 2 aromatic carbocycles. The van der Waals surface area contributed by atoms with Crippen molar-refractivity contribution in [3.05, 3.63) is 77.1 Å². The van der Waals surface area contributed by atoms with Gasteiger partial charge in [-0.15, -0.1) is 5.10 Å². The number of nitrogens with one attached hydrogen (secondary N) is 1. The molecule has 10 heteroatoms. The number of methoxy groups -OCH3 is 2. The lowest BCUT2D eigenvalue weighted by molar-refractivity contribution is 0.0676. The van der Waals surface area contributed by atoms with Crippen molar-refractivity contribution in [1.82, 2.24) is 25.2 Å². The third kappa shape index (κ3) is 6.28. The van der Waals surface area contributed by atoms with Crippen LogP contribution in [0.1, 0.15) is 58.9 Å². The van der Waals surface area contributed by atoms with Gasteiger partial charge in [0.1, 0.15) is 11.9 Å². The van der Waals surface area contributed by atoms with Crippen LogP contribution in [0.2, 0.25) is 0 Å². The van der Waals surface area contributed by atoms with Gasteiger partial charge in [0, 0.05) is 13.5 Å². The van der Waals surface area contributed by atoms with E-state index in [9.17, 15) is 9.90 Å². The molecular formula is C29H33N5O5. The van der Waals surface area contributed by atoms with Gasteiger partial charge < -0.3 is 19.3 Å². The average molecular weight is 532 g/mol. The molecule has 0 unspecified atom stereocenters. The Balaban J connectivity index is 1.20. The summed E-state index contributed by atoms with van der Waals surface area (Å²) in [6.07, 6.45) is 4.24. The predicted octanol–water partition coefficient (Wildman–Crippen LogP) is 4.72. The summed E-state index contributed by atoms with van der Waals surface area (Å²) >= 11 is 0. The molecule has 0 spiro atoms. The Hall–Kier alpha value is -4.18. The Labute approximate surface area is 226 Å². The Bertz CT molecular complexity index is 1370. The van der Waals surface area contributed by atoms with Crippen molar-refractivity contribution < 1.29 is 24.1 Å². The van der Waals surface area contributed by atoms with E-state index in [2.05, 4.69) is 50.8 Å². The Kier molecular flexibility index (Phi) is 8.21. The van der Waals surface area contributed by atoms with Crippen molar-refractivity contribution in [1.29, 1.82) is 0 Å². The first-order valence-corrected chi connectivity index (χ1v) is 13.1. The van der Waals surface area contributed by atoms with E-state index in [1.165, 1.54) is 10.2 Å². The highest BCUT2D eigenvalue weighted by molar-refractivity contribution is 5.87. The number of carboxylic acids is 1. The van der Waals surface area contributed by atoms with Crippen LogP contribution in [0.25, 0.3) is 11.3 Å². The molecule has 1 aliphatic rings. The largest absolute Gasteiger partial charge is 0.497 e. The Morgan fingerprint density at radius 3 is 2.46 bits per heavy atom. The summed E-state index contributed by atoms with van der Waals surface area (Å²) in [6, 6.07) is 18.2. The number of nitrogens with zero attached hydrogens (tertiary/aromatic N) is 4. The third-order valence-electron chi connectivity index (χ3n) is 7.22. The maximum atomic E-state index is 11.8. The number of H-pyrrole nitrogens is 1. The lowest BCUT2D eigenvalue weighted by atomic mass is 9.82. The van der Waals surface area contributed by atoms with Crippen LogP contribution in [-0.4, -0.2) is 63.2 Å². The summed E-state index contributed by atoms with van der Waals surface area (Å²) in [6.45, 7) is 1.00. The van der Waals surface area contributed by atoms with Crippen LogP contribution in [0.3, 0.4) is 0 Å². The molecular weight excluding hydrogens is 498 g/mol. The van der Waals surface area contributed by atoms with Crippen molar-refractivity contribution in [2.75, 3.05) is 20.8 Å². The standard InChI is InChI=1S/C29H33N5O5/c1-37-16-15-23-17-26(31-30-23)22-7-5-20(6-8-22)21-9-13-25(14-10-21)39-28-27(29(35)36)32-33-34(28)18-19-3-11-24(38-2)12-4-19/h3-8,11-12,17,21,25H,9-10,13-16,18H2,1-2H3,(H,30,31)(H,35,36)/t21-,25-. The van der Waals surface area contributed by atoms with E-state index in [1.807, 2.05) is 24.3 Å². The van der Waals surface area contributed by atoms with Gasteiger partial charge >= 0.3 is 5.97 Å². The summed E-state index contributed by atoms with van der Waals surface area (Å²) in [7, 11) is 3.30. The van der Waals surface area contributed by atoms with Gasteiger partial charge in [-0.1, -0.05) is 41.6 Å². The molecule has 0 atom stereocenters. The van der Waals surface area contributed by atoms with Crippen molar-refractivity contribution in [3.8, 4) is 22.9 Å². The zero-order valence-corrected chi connectivity index (χ0v) is 22.2. The highest BCUT2D eigenvalue weighted by Gasteiger charge is 2.28. The average Bonchev–Trinajstić information content (AvgIpc) is 3.60. The monoisotopic (exact) mass is 531 g/mol. The fourth-order valence-corrected chi connectivity index (χ4v) is 5.02. The first kappa shape index (κ1) is 26.4. The summed E-state index contributed by atoms with van der Waals surface area (Å²) < 4.78 is 18.1. The second-order valence-corrected chi connectivity index (χ2v) is 9.78. The number of hydrogen-bond donors (Lipinski definition) is 2. The minimum Gasteiger partial charge on any atom is -0.497 e. The maximum Gasteiger partial charge on any atom is 0.362 e. The van der Waals surface area contributed by atoms with Gasteiger partial charge in [-0.3, -0.25) is 5.10 Å². The first-order chi connectivity index (χ1) is 19.0. The number of aromatic amines is 1. The maximum absolute atomic E-state index is 11.8. The van der Waals surface area contributed by atoms with Crippen LogP contribution in [0.5, 0.6) is 11.6 Å². The normalized spacial score (nSPS) is 17.2. The predicted molar refractivity (Wildman–Crippen MR) is 144 cm³/mol. The van der Waals surface area contributed by atoms with Gasteiger partial charge in [0.15, 0.2) is 0 Å². The minimum atomic E-state index is -1.15. The second kappa shape index (κ2) is 12.1. The fraction of sp³-hybridized carbons (Fsp3) is 0.379. The second-order valence-electron chi connectivity index (χ2n) is 9.78. The molecule has 0 aliphatic heterocycles. The molecule has 1 fully saturated rings. The number of hydrogen-bond acceptors (Lipinski definition) is 7. The van der Waals surface area contributed by atoms with Gasteiger partial charge in [-0.25, -0.2) is 9.48 Å². The molecule has 2 N–H and O–H groups in total. The van der Waals surface area contributed by atoms with E-state index in [1.54, 1.807) is 14.2 Å². The van der Waals surface area contributed by atoms with Crippen LogP contribution in [-0.2, 0) is 17.7 Å². The summed E-state index contributed by atoms with van der Waals surface area (Å²) in [5.74, 6) is 0.234. The number of benzene rings is 2. The Morgan fingerprint density at radius 2 is 1.79 bits per heavy atom. The van der Waals surface area contributed by atoms with E-state index in [4.69, 9.17) is 14.2 Å². The summed E-state index contributed by atoms with van der Waals surface area (Å²) in [5.41, 5.74) is 5.17. The number of carboxylic acid groups (broad SMARTS) is 1. The molecule has 204 valence electrons. The summed E-state index contributed by atoms with van der Waals surface area (Å²) in [4.78, 5) is 11.8. The van der Waals surface area contributed by atoms with Crippen molar-refractivity contribution in [3.63, 3.8) is 0 Å². The highest BCUT2D eigenvalue weighted by atomic mass is 16.5. The SMILES string of the molecule is COCCc1cc(-c2ccc([C@H]3CC[C@H](Oc4c(C(=O)O)nnn4Cc4ccc(OC)cc4)CC3)cc2)[nH]n1. The molecule has 5 rings (SSSR count). The highest BCUT2D eigenvalue weighted by Crippen LogP contribution is 2.36. The molecule has 1 saturated carbocycles. The zero-order chi connectivity index (χ0) is 27.2. The Morgan fingerprint density at radius 1 is 1.05 bits per heavy atom. The number of aromatic nitrogens is 5. The minimum absolute atomic E-state index is 0.0951. The number of carbonyl (C=O) groups is 1. The van der Waals surface area contributed by atoms with Crippen molar-refractivity contribution >= 4 is 5.97 Å². The molecule has 2 aromatic heterocycles. The lowest BCUT2D eigenvalue weighted by Gasteiger charge is -2.29. The topological polar surface area (TPSA) is 124 Å². The summed E-state index contributed by atoms with van der Waals surface area (Å²) in [5, 5.41) is 25.1. The first-order valence-electron chi connectivity index (χ1n) is 13.1. The quantitative estimate of drug-likeness (QED) is 0.285. The third-order valence-corrected chi connectivity index (χ3v) is 7.22. The van der Waals surface area contributed by atoms with Crippen LogP contribution in [0.4, 0.5) is 0 Å². The van der Waals surface area contributed by atoms with E-state index >= 15 is 0 Å². The fourth-order valence-electron chi connectivity index (χ4n) is 5.02. The number of ether oxygens (including phenoxy) is 3. The van der Waals surface area contributed by atoms with Gasteiger partial charge in [0.05, 0.1) is 31.6 Å². The molecule has 0 amide bonds. The van der Waals surface area contributed by atoms with Crippen LogP contribution in [0.15, 0.2) is 54.6 Å². The van der Waals surface area contributed by atoms with Gasteiger partial charge in [0.2, 0.25) is 11.6 Å². The van der Waals surface area contributed by atoms with Gasteiger partial charge in [-0.2, -0.15) is 5.10 Å². The van der Waals surface area contributed by atoms with Gasteiger partial charge in [0.25, 0.3) is 0 Å². The molecule has 4 aromatic rings. The lowest BCUT2D eigenvalue weighted by Crippen LogP contribution is -2.25. The van der Waals surface area contributed by atoms with Crippen LogP contribution in [0, 0.1) is 0 Å². The van der Waals surface area contributed by atoms with E-state index in [0.29, 0.717) is 19.1 Å². The van der Waals surface area contributed by atoms with Crippen LogP contribution >= 0.6 is 0 Å². The van der Waals surface area contributed by atoms with Crippen LogP contribution < -0.4 is 9.47 Å². The van der Waals surface area contributed by atoms with Gasteiger partial charge in [-0.05, 0) is 66.5 Å². The molecule has 2 heterocycles. The molecule has 0 saturated heterocycles. The number of rotatable bonds is 11. The smallest absolute Gasteiger partial charge is 0.362 e.